The Morgan fingerprint density at radius 2 is 0.935 bits per heavy atom. The van der Waals surface area contributed by atoms with Crippen LogP contribution in [0.3, 0.4) is 0 Å². The van der Waals surface area contributed by atoms with Crippen molar-refractivity contribution in [3.05, 3.63) is 96.8 Å². The number of aromatic amines is 2. The number of benzene rings is 4. The Balaban J connectivity index is 1.08. The lowest BCUT2D eigenvalue weighted by Crippen LogP contribution is -2.51. The number of fused-ring (bicyclic) bond motifs is 2. The van der Waals surface area contributed by atoms with Gasteiger partial charge in [-0.25, -0.2) is 19.6 Å². The second-order valence-electron chi connectivity index (χ2n) is 16.9. The van der Waals surface area contributed by atoms with E-state index < -0.39 is 24.3 Å². The van der Waals surface area contributed by atoms with E-state index in [1.807, 2.05) is 62.0 Å². The van der Waals surface area contributed by atoms with E-state index >= 15 is 0 Å². The molecule has 4 N–H and O–H groups in total. The average Bonchev–Trinajstić information content (AvgIpc) is 4.13. The number of likely N-dealkylation sites (tertiary alicyclic amines) is 2. The number of ether oxygens (including phenoxy) is 2. The molecule has 4 aromatic carbocycles. The predicted molar refractivity (Wildman–Crippen MR) is 238 cm³/mol. The van der Waals surface area contributed by atoms with Crippen molar-refractivity contribution in [1.29, 1.82) is 0 Å². The summed E-state index contributed by atoms with van der Waals surface area (Å²) in [5, 5.41) is 9.74. The highest BCUT2D eigenvalue weighted by Crippen LogP contribution is 2.42. The summed E-state index contributed by atoms with van der Waals surface area (Å²) < 4.78 is 9.61. The van der Waals surface area contributed by atoms with Crippen LogP contribution in [-0.2, 0) is 19.1 Å². The Morgan fingerprint density at radius 3 is 1.29 bits per heavy atom. The zero-order chi connectivity index (χ0) is 43.7. The van der Waals surface area contributed by atoms with Crippen LogP contribution >= 0.6 is 0 Å². The van der Waals surface area contributed by atoms with Crippen LogP contribution < -0.4 is 10.6 Å². The number of amides is 4. The van der Waals surface area contributed by atoms with Gasteiger partial charge in [0.05, 0.1) is 50.1 Å². The predicted octanol–water partition coefficient (Wildman–Crippen LogP) is 8.53. The quantitative estimate of drug-likeness (QED) is 0.100. The molecule has 4 atom stereocenters. The molecule has 0 bridgehead atoms. The van der Waals surface area contributed by atoms with Gasteiger partial charge in [0.1, 0.15) is 23.7 Å². The lowest BCUT2D eigenvalue weighted by molar-refractivity contribution is -0.136. The van der Waals surface area contributed by atoms with Gasteiger partial charge in [-0.05, 0) is 70.2 Å². The monoisotopic (exact) mass is 838 g/mol. The number of rotatable bonds is 11. The Labute approximate surface area is 360 Å². The van der Waals surface area contributed by atoms with Gasteiger partial charge in [0.2, 0.25) is 11.8 Å². The molecule has 8 rings (SSSR count). The highest BCUT2D eigenvalue weighted by atomic mass is 16.5. The van der Waals surface area contributed by atoms with E-state index in [9.17, 15) is 19.2 Å². The number of nitrogens with zero attached hydrogens (tertiary/aromatic N) is 4. The molecule has 2 saturated heterocycles. The number of nitrogens with one attached hydrogen (secondary N) is 4. The van der Waals surface area contributed by atoms with Crippen molar-refractivity contribution in [2.24, 2.45) is 11.8 Å². The van der Waals surface area contributed by atoms with Gasteiger partial charge in [0.15, 0.2) is 0 Å². The summed E-state index contributed by atoms with van der Waals surface area (Å²) >= 11 is 0. The Bertz CT molecular complexity index is 2450. The third-order valence-corrected chi connectivity index (χ3v) is 12.4. The van der Waals surface area contributed by atoms with Gasteiger partial charge in [0.25, 0.3) is 0 Å². The summed E-state index contributed by atoms with van der Waals surface area (Å²) in [4.78, 5) is 72.2. The zero-order valence-electron chi connectivity index (χ0n) is 36.0. The van der Waals surface area contributed by atoms with Crippen LogP contribution in [0.25, 0.3) is 55.2 Å². The van der Waals surface area contributed by atoms with E-state index in [-0.39, 0.29) is 35.7 Å². The number of methoxy groups -OCH3 is 2. The first-order valence-electron chi connectivity index (χ1n) is 21.4. The molecular formula is C48H54N8O6. The molecule has 14 nitrogen and oxygen atoms in total. The molecule has 14 heteroatoms. The first-order chi connectivity index (χ1) is 30.0. The topological polar surface area (TPSA) is 175 Å². The molecule has 0 spiro atoms. The fourth-order valence-corrected chi connectivity index (χ4v) is 9.21. The van der Waals surface area contributed by atoms with E-state index in [2.05, 4.69) is 81.3 Å². The molecule has 4 amide bonds. The zero-order valence-corrected chi connectivity index (χ0v) is 36.0. The van der Waals surface area contributed by atoms with E-state index in [4.69, 9.17) is 19.4 Å². The highest BCUT2D eigenvalue weighted by Gasteiger charge is 2.39. The smallest absolute Gasteiger partial charge is 0.407 e. The third kappa shape index (κ3) is 7.96. The van der Waals surface area contributed by atoms with Gasteiger partial charge < -0.3 is 39.9 Å². The number of carbonyl (C=O) groups is 4. The maximum Gasteiger partial charge on any atom is 0.407 e. The molecule has 2 aromatic heterocycles. The minimum atomic E-state index is -0.710. The van der Waals surface area contributed by atoms with Crippen LogP contribution in [0.4, 0.5) is 9.59 Å². The fourth-order valence-electron chi connectivity index (χ4n) is 9.21. The van der Waals surface area contributed by atoms with E-state index in [0.29, 0.717) is 24.7 Å². The summed E-state index contributed by atoms with van der Waals surface area (Å²) in [5.41, 5.74) is 5.88. The number of aromatic nitrogens is 4. The number of alkyl carbamates (subject to hydrolysis) is 2. The molecule has 0 saturated carbocycles. The van der Waals surface area contributed by atoms with Gasteiger partial charge in [0, 0.05) is 24.2 Å². The SMILES string of the molecule is COC(=O)N[C@H](C(=O)N1CCC[C@H]1c1ncc(-c2ccc(-c3ccc(-c4cnc([C@@H]5CCCN5C(=O)[C@@H](NC(=O)OC)C(C)C)[nH]4)c4ccccc34)c3ccccc23)[nH]1)C(C)C. The van der Waals surface area contributed by atoms with Gasteiger partial charge in [-0.2, -0.15) is 0 Å². The molecule has 2 aliphatic heterocycles. The standard InChI is InChI=1S/C48H54N8O6/c1-27(2)41(53-47(59)61-5)45(57)55-23-11-17-39(55)43-49-25-37(51-43)35-21-19-33(29-13-7-9-15-31(29)35)34-20-22-36(32-16-10-8-14-30(32)34)38-26-50-44(52-38)40-18-12-24-56(40)46(58)42(28(3)4)54-48(60)62-6/h7-10,13-16,19-22,25-28,39-42H,11-12,17-18,23-24H2,1-6H3,(H,49,51)(H,50,52)(H,53,59)(H,54,60)/t39-,40-,41-,42-/m0/s1. The second kappa shape index (κ2) is 17.7. The molecule has 0 unspecified atom stereocenters. The first-order valence-corrected chi connectivity index (χ1v) is 21.4. The molecule has 2 aliphatic rings. The van der Waals surface area contributed by atoms with Crippen LogP contribution in [-0.4, -0.2) is 93.1 Å². The molecule has 2 fully saturated rings. The molecule has 62 heavy (non-hydrogen) atoms. The van der Waals surface area contributed by atoms with Crippen LogP contribution in [0.1, 0.15) is 77.1 Å². The summed E-state index contributed by atoms with van der Waals surface area (Å²) in [7, 11) is 2.59. The number of H-pyrrole nitrogens is 2. The van der Waals surface area contributed by atoms with Crippen LogP contribution in [0, 0.1) is 11.8 Å². The van der Waals surface area contributed by atoms with Crippen LogP contribution in [0.15, 0.2) is 85.2 Å². The third-order valence-electron chi connectivity index (χ3n) is 12.4. The van der Waals surface area contributed by atoms with Crippen molar-refractivity contribution < 1.29 is 28.7 Å². The Hall–Kier alpha value is -6.70. The molecule has 322 valence electrons. The Morgan fingerprint density at radius 1 is 0.581 bits per heavy atom. The first kappa shape index (κ1) is 42.0. The van der Waals surface area contributed by atoms with Crippen LogP contribution in [0.5, 0.6) is 0 Å². The maximum absolute atomic E-state index is 13.8. The van der Waals surface area contributed by atoms with E-state index in [1.54, 1.807) is 0 Å². The molecule has 0 radical (unpaired) electrons. The molecule has 4 heterocycles. The molecule has 6 aromatic rings. The van der Waals surface area contributed by atoms with Crippen molar-refractivity contribution in [3.63, 3.8) is 0 Å². The second-order valence-corrected chi connectivity index (χ2v) is 16.9. The minimum absolute atomic E-state index is 0.124. The minimum Gasteiger partial charge on any atom is -0.453 e. The van der Waals surface area contributed by atoms with Crippen molar-refractivity contribution in [3.8, 4) is 33.6 Å². The van der Waals surface area contributed by atoms with Crippen LogP contribution in [0.2, 0.25) is 0 Å². The number of imidazole rings is 2. The average molecular weight is 839 g/mol. The van der Waals surface area contributed by atoms with Gasteiger partial charge >= 0.3 is 12.2 Å². The normalized spacial score (nSPS) is 17.5. The largest absolute Gasteiger partial charge is 0.453 e. The molecule has 0 aliphatic carbocycles. The van der Waals surface area contributed by atoms with Crippen molar-refractivity contribution in [2.45, 2.75) is 77.5 Å². The summed E-state index contributed by atoms with van der Waals surface area (Å²) in [6, 6.07) is 23.4. The summed E-state index contributed by atoms with van der Waals surface area (Å²) in [5.74, 6) is 0.884. The summed E-state index contributed by atoms with van der Waals surface area (Å²) in [6.07, 6.45) is 5.61. The van der Waals surface area contributed by atoms with E-state index in [1.165, 1.54) is 14.2 Å². The number of hydrogen-bond donors (Lipinski definition) is 4. The van der Waals surface area contributed by atoms with E-state index in [0.717, 1.165) is 80.9 Å². The van der Waals surface area contributed by atoms with Crippen molar-refractivity contribution in [2.75, 3.05) is 27.3 Å². The van der Waals surface area contributed by atoms with Gasteiger partial charge in [-0.15, -0.1) is 0 Å². The van der Waals surface area contributed by atoms with Crippen molar-refractivity contribution >= 4 is 45.5 Å². The summed E-state index contributed by atoms with van der Waals surface area (Å²) in [6.45, 7) is 8.78. The molecular weight excluding hydrogens is 785 g/mol. The number of carbonyl (C=O) groups excluding carboxylic acids is 4. The fraction of sp³-hybridized carbons (Fsp3) is 0.375. The highest BCUT2D eigenvalue weighted by molar-refractivity contribution is 6.11. The lowest BCUT2D eigenvalue weighted by atomic mass is 9.89. The Kier molecular flexibility index (Phi) is 12.0. The van der Waals surface area contributed by atoms with Gasteiger partial charge in [-0.3, -0.25) is 9.59 Å². The maximum atomic E-state index is 13.8. The van der Waals surface area contributed by atoms with Gasteiger partial charge in [-0.1, -0.05) is 100 Å². The lowest BCUT2D eigenvalue weighted by Gasteiger charge is -2.30. The van der Waals surface area contributed by atoms with Crippen molar-refractivity contribution in [1.82, 2.24) is 40.4 Å². The number of hydrogen-bond acceptors (Lipinski definition) is 8.